The standard InChI is InChI=1S/C33H41N7O7S/c1-23(2)39(48(46,47)30-13-9-8-12-28(30)40(44)45)17-16-35-31(41)21-37(29-18-25(33(43)34-4)15-14-24(29)3)22-32(42)36(5)38-19-26-10-6-7-11-27(26)20-38/h6-15,18,23H,16-17,19-22H2,1-5H3,(H,34,43)(H,35,41). The van der Waals surface area contributed by atoms with Crippen molar-refractivity contribution in [2.75, 3.05) is 45.2 Å². The van der Waals surface area contributed by atoms with Crippen molar-refractivity contribution in [1.29, 1.82) is 0 Å². The van der Waals surface area contributed by atoms with Crippen LogP contribution >= 0.6 is 0 Å². The van der Waals surface area contributed by atoms with E-state index in [2.05, 4.69) is 10.6 Å². The lowest BCUT2D eigenvalue weighted by Gasteiger charge is -2.32. The SMILES string of the molecule is CNC(=O)c1ccc(C)c(N(CC(=O)NCCN(C(C)C)S(=O)(=O)c2ccccc2[N+](=O)[O-])CC(=O)N(C)N2Cc3ccccc3C2)c1. The molecular formula is C33H41N7O7S. The molecule has 1 heterocycles. The Balaban J connectivity index is 1.51. The van der Waals surface area contributed by atoms with Gasteiger partial charge in [0.25, 0.3) is 17.5 Å². The first-order valence-corrected chi connectivity index (χ1v) is 16.9. The number of carbonyl (C=O) groups is 3. The van der Waals surface area contributed by atoms with Crippen molar-refractivity contribution in [2.24, 2.45) is 0 Å². The van der Waals surface area contributed by atoms with E-state index in [1.54, 1.807) is 44.0 Å². The molecule has 0 fully saturated rings. The van der Waals surface area contributed by atoms with E-state index in [0.29, 0.717) is 24.3 Å². The van der Waals surface area contributed by atoms with Crippen LogP contribution in [0.25, 0.3) is 0 Å². The third kappa shape index (κ3) is 8.16. The third-order valence-electron chi connectivity index (χ3n) is 8.19. The Morgan fingerprint density at radius 3 is 2.21 bits per heavy atom. The quantitative estimate of drug-likeness (QED) is 0.193. The van der Waals surface area contributed by atoms with E-state index in [0.717, 1.165) is 27.1 Å². The van der Waals surface area contributed by atoms with Gasteiger partial charge in [-0.25, -0.2) is 13.4 Å². The number of anilines is 1. The van der Waals surface area contributed by atoms with Crippen LogP contribution in [0.1, 0.15) is 40.9 Å². The van der Waals surface area contributed by atoms with Crippen molar-refractivity contribution >= 4 is 39.1 Å². The summed E-state index contributed by atoms with van der Waals surface area (Å²) in [5, 5.41) is 20.3. The maximum Gasteiger partial charge on any atom is 0.289 e. The van der Waals surface area contributed by atoms with Gasteiger partial charge in [-0.2, -0.15) is 4.31 Å². The van der Waals surface area contributed by atoms with Crippen LogP contribution in [0, 0.1) is 17.0 Å². The van der Waals surface area contributed by atoms with Gasteiger partial charge in [0.05, 0.1) is 18.0 Å². The smallest absolute Gasteiger partial charge is 0.289 e. The fourth-order valence-corrected chi connectivity index (χ4v) is 7.35. The Morgan fingerprint density at radius 1 is 0.979 bits per heavy atom. The minimum atomic E-state index is -4.28. The lowest BCUT2D eigenvalue weighted by molar-refractivity contribution is -0.387. The van der Waals surface area contributed by atoms with Crippen molar-refractivity contribution in [1.82, 2.24) is 25.0 Å². The molecule has 15 heteroatoms. The Bertz CT molecular complexity index is 1770. The highest BCUT2D eigenvalue weighted by molar-refractivity contribution is 7.89. The van der Waals surface area contributed by atoms with Crippen molar-refractivity contribution in [2.45, 2.75) is 44.8 Å². The van der Waals surface area contributed by atoms with Crippen LogP contribution in [0.5, 0.6) is 0 Å². The third-order valence-corrected chi connectivity index (χ3v) is 10.3. The molecule has 0 spiro atoms. The van der Waals surface area contributed by atoms with E-state index in [4.69, 9.17) is 0 Å². The van der Waals surface area contributed by atoms with E-state index in [1.165, 1.54) is 30.3 Å². The van der Waals surface area contributed by atoms with Crippen LogP contribution in [0.15, 0.2) is 71.6 Å². The summed E-state index contributed by atoms with van der Waals surface area (Å²) < 4.78 is 28.0. The second kappa shape index (κ2) is 15.4. The molecule has 0 radical (unpaired) electrons. The molecule has 2 N–H and O–H groups in total. The molecule has 3 aromatic carbocycles. The van der Waals surface area contributed by atoms with Gasteiger partial charge in [0.2, 0.25) is 15.9 Å². The number of hydrazine groups is 1. The van der Waals surface area contributed by atoms with E-state index in [-0.39, 0.29) is 38.0 Å². The number of rotatable bonds is 14. The number of amides is 3. The van der Waals surface area contributed by atoms with E-state index >= 15 is 0 Å². The topological polar surface area (TPSA) is 166 Å². The maximum absolute atomic E-state index is 13.6. The molecule has 1 aliphatic heterocycles. The average Bonchev–Trinajstić information content (AvgIpc) is 3.50. The molecule has 256 valence electrons. The Hall–Kier alpha value is -4.86. The summed E-state index contributed by atoms with van der Waals surface area (Å²) in [7, 11) is -1.09. The van der Waals surface area contributed by atoms with Crippen LogP contribution in [-0.4, -0.2) is 91.7 Å². The highest BCUT2D eigenvalue weighted by Gasteiger charge is 2.33. The van der Waals surface area contributed by atoms with Gasteiger partial charge in [0.1, 0.15) is 0 Å². The molecule has 4 rings (SSSR count). The Morgan fingerprint density at radius 2 is 1.60 bits per heavy atom. The van der Waals surface area contributed by atoms with Gasteiger partial charge in [-0.05, 0) is 55.7 Å². The molecular weight excluding hydrogens is 638 g/mol. The number of hydrogen-bond acceptors (Lipinski definition) is 9. The Labute approximate surface area is 280 Å². The average molecular weight is 680 g/mol. The van der Waals surface area contributed by atoms with Gasteiger partial charge in [-0.1, -0.05) is 42.5 Å². The predicted octanol–water partition coefficient (Wildman–Crippen LogP) is 2.67. The normalized spacial score (nSPS) is 12.9. The molecule has 0 unspecified atom stereocenters. The van der Waals surface area contributed by atoms with Crippen molar-refractivity contribution in [3.05, 3.63) is 99.1 Å². The monoisotopic (exact) mass is 679 g/mol. The highest BCUT2D eigenvalue weighted by atomic mass is 32.2. The number of hydrogen-bond donors (Lipinski definition) is 2. The number of sulfonamides is 1. The van der Waals surface area contributed by atoms with Gasteiger partial charge >= 0.3 is 0 Å². The zero-order valence-corrected chi connectivity index (χ0v) is 28.5. The number of fused-ring (bicyclic) bond motifs is 1. The molecule has 48 heavy (non-hydrogen) atoms. The number of benzene rings is 3. The molecule has 0 bridgehead atoms. The van der Waals surface area contributed by atoms with Gasteiger partial charge in [-0.3, -0.25) is 29.5 Å². The summed E-state index contributed by atoms with van der Waals surface area (Å²) in [4.78, 5) is 51.4. The molecule has 14 nitrogen and oxygen atoms in total. The minimum absolute atomic E-state index is 0.0954. The van der Waals surface area contributed by atoms with E-state index in [1.807, 2.05) is 36.2 Å². The van der Waals surface area contributed by atoms with Crippen LogP contribution in [0.3, 0.4) is 0 Å². The Kier molecular flexibility index (Phi) is 11.5. The lowest BCUT2D eigenvalue weighted by Crippen LogP contribution is -2.49. The van der Waals surface area contributed by atoms with Gasteiger partial charge < -0.3 is 15.5 Å². The summed E-state index contributed by atoms with van der Waals surface area (Å²) in [6.07, 6.45) is 0. The second-order valence-electron chi connectivity index (χ2n) is 11.7. The number of nitrogens with one attached hydrogen (secondary N) is 2. The molecule has 0 saturated carbocycles. The molecule has 1 aliphatic rings. The number of nitro groups is 1. The van der Waals surface area contributed by atoms with Crippen LogP contribution in [-0.2, 0) is 32.7 Å². The van der Waals surface area contributed by atoms with Crippen LogP contribution in [0.4, 0.5) is 11.4 Å². The summed E-state index contributed by atoms with van der Waals surface area (Å²) in [6.45, 7) is 5.51. The van der Waals surface area contributed by atoms with E-state index in [9.17, 15) is 32.9 Å². The number of carbonyl (C=O) groups excluding carboxylic acids is 3. The molecule has 3 amide bonds. The largest absolute Gasteiger partial charge is 0.355 e. The number of nitrogens with zero attached hydrogens (tertiary/aromatic N) is 5. The van der Waals surface area contributed by atoms with Gasteiger partial charge in [-0.15, -0.1) is 0 Å². The number of aryl methyl sites for hydroxylation is 1. The summed E-state index contributed by atoms with van der Waals surface area (Å²) >= 11 is 0. The highest BCUT2D eigenvalue weighted by Crippen LogP contribution is 2.28. The van der Waals surface area contributed by atoms with Crippen LogP contribution in [0.2, 0.25) is 0 Å². The maximum atomic E-state index is 13.6. The predicted molar refractivity (Wildman–Crippen MR) is 180 cm³/mol. The van der Waals surface area contributed by atoms with Crippen LogP contribution < -0.4 is 15.5 Å². The minimum Gasteiger partial charge on any atom is -0.355 e. The summed E-state index contributed by atoms with van der Waals surface area (Å²) in [5.41, 5.74) is 3.32. The molecule has 0 atom stereocenters. The first-order valence-electron chi connectivity index (χ1n) is 15.4. The van der Waals surface area contributed by atoms with Crippen molar-refractivity contribution < 1.29 is 27.7 Å². The second-order valence-corrected chi connectivity index (χ2v) is 13.6. The van der Waals surface area contributed by atoms with Gasteiger partial charge in [0.15, 0.2) is 4.90 Å². The first-order chi connectivity index (χ1) is 22.7. The van der Waals surface area contributed by atoms with Crippen molar-refractivity contribution in [3.63, 3.8) is 0 Å². The zero-order chi connectivity index (χ0) is 35.2. The first kappa shape index (κ1) is 36.0. The zero-order valence-electron chi connectivity index (χ0n) is 27.7. The van der Waals surface area contributed by atoms with Crippen molar-refractivity contribution in [3.8, 4) is 0 Å². The molecule has 0 aliphatic carbocycles. The molecule has 0 aromatic heterocycles. The number of para-hydroxylation sites is 1. The number of likely N-dealkylation sites (N-methyl/N-ethyl adjacent to an activating group) is 1. The van der Waals surface area contributed by atoms with Gasteiger partial charge in [0, 0.05) is 63.6 Å². The summed E-state index contributed by atoms with van der Waals surface area (Å²) in [6, 6.07) is 17.5. The molecule has 3 aromatic rings. The number of nitro benzene ring substituents is 1. The van der Waals surface area contributed by atoms with E-state index < -0.39 is 37.5 Å². The summed E-state index contributed by atoms with van der Waals surface area (Å²) in [5.74, 6) is -1.09. The molecule has 0 saturated heterocycles. The fourth-order valence-electron chi connectivity index (χ4n) is 5.56. The lowest BCUT2D eigenvalue weighted by atomic mass is 10.1. The fraction of sp³-hybridized carbons (Fsp3) is 0.364.